The van der Waals surface area contributed by atoms with Gasteiger partial charge < -0.3 is 10.2 Å². The molecule has 1 aliphatic heterocycles. The summed E-state index contributed by atoms with van der Waals surface area (Å²) in [6.07, 6.45) is 6.57. The Labute approximate surface area is 108 Å². The first-order chi connectivity index (χ1) is 8.66. The molecule has 2 rings (SSSR count). The van der Waals surface area contributed by atoms with E-state index >= 15 is 0 Å². The molecule has 18 heavy (non-hydrogen) atoms. The van der Waals surface area contributed by atoms with Crippen LogP contribution in [0.1, 0.15) is 43.6 Å². The van der Waals surface area contributed by atoms with Gasteiger partial charge in [0.05, 0.1) is 12.4 Å². The molecule has 98 valence electrons. The van der Waals surface area contributed by atoms with Crippen molar-refractivity contribution in [1.29, 1.82) is 0 Å². The van der Waals surface area contributed by atoms with E-state index in [-0.39, 0.29) is 5.91 Å². The first kappa shape index (κ1) is 12.8. The van der Waals surface area contributed by atoms with Gasteiger partial charge in [-0.1, -0.05) is 0 Å². The number of likely N-dealkylation sites (tertiary alicyclic amines) is 1. The zero-order chi connectivity index (χ0) is 13.0. The number of nitrogens with one attached hydrogen (secondary N) is 1. The molecule has 0 saturated carbocycles. The molecule has 2 heterocycles. The van der Waals surface area contributed by atoms with Crippen molar-refractivity contribution in [2.45, 2.75) is 39.2 Å². The van der Waals surface area contributed by atoms with Crippen molar-refractivity contribution in [3.05, 3.63) is 18.1 Å². The largest absolute Gasteiger partial charge is 0.367 e. The number of amides is 1. The molecule has 0 radical (unpaired) electrons. The minimum absolute atomic E-state index is 0.00158. The average molecular weight is 248 g/mol. The van der Waals surface area contributed by atoms with E-state index in [0.29, 0.717) is 17.6 Å². The van der Waals surface area contributed by atoms with Crippen molar-refractivity contribution in [3.63, 3.8) is 0 Å². The van der Waals surface area contributed by atoms with Crippen molar-refractivity contribution < 1.29 is 4.79 Å². The molecule has 5 heteroatoms. The third-order valence-electron chi connectivity index (χ3n) is 2.95. The predicted octanol–water partition coefficient (Wildman–Crippen LogP) is 1.92. The molecule has 0 unspecified atom stereocenters. The van der Waals surface area contributed by atoms with Crippen LogP contribution in [0.25, 0.3) is 0 Å². The average Bonchev–Trinajstić information content (AvgIpc) is 2.39. The maximum Gasteiger partial charge on any atom is 0.274 e. The molecule has 1 aromatic heterocycles. The summed E-state index contributed by atoms with van der Waals surface area (Å²) in [6.45, 7) is 5.75. The number of rotatable bonds is 3. The van der Waals surface area contributed by atoms with E-state index in [2.05, 4.69) is 15.3 Å². The highest BCUT2D eigenvalue weighted by Gasteiger charge is 2.19. The van der Waals surface area contributed by atoms with Gasteiger partial charge in [0.2, 0.25) is 0 Å². The van der Waals surface area contributed by atoms with Gasteiger partial charge in [-0.3, -0.25) is 4.79 Å². The fourth-order valence-corrected chi connectivity index (χ4v) is 2.07. The second kappa shape index (κ2) is 5.80. The van der Waals surface area contributed by atoms with Crippen LogP contribution in [0, 0.1) is 0 Å². The lowest BCUT2D eigenvalue weighted by Gasteiger charge is -2.26. The number of piperidine rings is 1. The Morgan fingerprint density at radius 2 is 1.94 bits per heavy atom. The second-order valence-electron chi connectivity index (χ2n) is 4.94. The molecule has 1 aliphatic rings. The minimum Gasteiger partial charge on any atom is -0.367 e. The highest BCUT2D eigenvalue weighted by Crippen LogP contribution is 2.12. The van der Waals surface area contributed by atoms with Crippen molar-refractivity contribution in [3.8, 4) is 0 Å². The van der Waals surface area contributed by atoms with Crippen LogP contribution in [0.5, 0.6) is 0 Å². The number of carbonyl (C=O) groups is 1. The highest BCUT2D eigenvalue weighted by atomic mass is 16.2. The fraction of sp³-hybridized carbons (Fsp3) is 0.615. The molecule has 1 aromatic rings. The normalized spacial score (nSPS) is 15.8. The Kier molecular flexibility index (Phi) is 4.12. The minimum atomic E-state index is -0.00158. The lowest BCUT2D eigenvalue weighted by Crippen LogP contribution is -2.36. The molecule has 0 spiro atoms. The van der Waals surface area contributed by atoms with Gasteiger partial charge in [-0.2, -0.15) is 0 Å². The van der Waals surface area contributed by atoms with Crippen molar-refractivity contribution >= 4 is 11.7 Å². The van der Waals surface area contributed by atoms with Crippen LogP contribution in [0.4, 0.5) is 5.82 Å². The van der Waals surface area contributed by atoms with Gasteiger partial charge in [0, 0.05) is 19.1 Å². The summed E-state index contributed by atoms with van der Waals surface area (Å²) in [5.74, 6) is 0.707. The van der Waals surface area contributed by atoms with Gasteiger partial charge in [0.1, 0.15) is 11.5 Å². The third kappa shape index (κ3) is 3.18. The summed E-state index contributed by atoms with van der Waals surface area (Å²) in [7, 11) is 0. The Hall–Kier alpha value is -1.65. The van der Waals surface area contributed by atoms with Gasteiger partial charge in [0.25, 0.3) is 5.91 Å². The molecular weight excluding hydrogens is 228 g/mol. The highest BCUT2D eigenvalue weighted by molar-refractivity contribution is 5.92. The van der Waals surface area contributed by atoms with Gasteiger partial charge in [0.15, 0.2) is 0 Å². The summed E-state index contributed by atoms with van der Waals surface area (Å²) < 4.78 is 0. The van der Waals surface area contributed by atoms with Crippen LogP contribution < -0.4 is 5.32 Å². The van der Waals surface area contributed by atoms with Crippen LogP contribution in [0.15, 0.2) is 12.4 Å². The predicted molar refractivity (Wildman–Crippen MR) is 70.5 cm³/mol. The first-order valence-electron chi connectivity index (χ1n) is 6.54. The van der Waals surface area contributed by atoms with E-state index in [4.69, 9.17) is 0 Å². The number of nitrogens with zero attached hydrogens (tertiary/aromatic N) is 3. The Morgan fingerprint density at radius 3 is 2.50 bits per heavy atom. The van der Waals surface area contributed by atoms with Crippen LogP contribution in [-0.2, 0) is 0 Å². The van der Waals surface area contributed by atoms with Gasteiger partial charge in [-0.05, 0) is 33.1 Å². The SMILES string of the molecule is CC(C)Nc1cnc(C(=O)N2CCCCC2)cn1. The Balaban J connectivity index is 2.02. The summed E-state index contributed by atoms with van der Waals surface area (Å²) >= 11 is 0. The first-order valence-corrected chi connectivity index (χ1v) is 6.54. The molecule has 0 aliphatic carbocycles. The van der Waals surface area contributed by atoms with E-state index in [1.54, 1.807) is 12.4 Å². The lowest BCUT2D eigenvalue weighted by atomic mass is 10.1. The number of carbonyl (C=O) groups excluding carboxylic acids is 1. The maximum absolute atomic E-state index is 12.1. The van der Waals surface area contributed by atoms with Crippen LogP contribution in [-0.4, -0.2) is 39.9 Å². The van der Waals surface area contributed by atoms with Gasteiger partial charge in [-0.15, -0.1) is 0 Å². The molecule has 1 amide bonds. The summed E-state index contributed by atoms with van der Waals surface area (Å²) in [5.41, 5.74) is 0.436. The van der Waals surface area contributed by atoms with Crippen molar-refractivity contribution in [2.24, 2.45) is 0 Å². The maximum atomic E-state index is 12.1. The zero-order valence-electron chi connectivity index (χ0n) is 11.0. The molecule has 0 atom stereocenters. The van der Waals surface area contributed by atoms with Crippen LogP contribution in [0.2, 0.25) is 0 Å². The van der Waals surface area contributed by atoms with Crippen molar-refractivity contribution in [1.82, 2.24) is 14.9 Å². The third-order valence-corrected chi connectivity index (χ3v) is 2.95. The van der Waals surface area contributed by atoms with E-state index in [0.717, 1.165) is 25.9 Å². The van der Waals surface area contributed by atoms with Gasteiger partial charge in [-0.25, -0.2) is 9.97 Å². The molecule has 1 N–H and O–H groups in total. The molecule has 0 aromatic carbocycles. The Bertz CT molecular complexity index is 396. The summed E-state index contributed by atoms with van der Waals surface area (Å²) in [4.78, 5) is 22.4. The molecule has 0 bridgehead atoms. The Morgan fingerprint density at radius 1 is 1.22 bits per heavy atom. The fourth-order valence-electron chi connectivity index (χ4n) is 2.07. The molecule has 1 saturated heterocycles. The number of anilines is 1. The standard InChI is InChI=1S/C13H20N4O/c1-10(2)16-12-9-14-11(8-15-12)13(18)17-6-4-3-5-7-17/h8-10H,3-7H2,1-2H3,(H,15,16). The zero-order valence-corrected chi connectivity index (χ0v) is 11.0. The quantitative estimate of drug-likeness (QED) is 0.888. The molecule has 1 fully saturated rings. The van der Waals surface area contributed by atoms with E-state index in [1.807, 2.05) is 18.7 Å². The number of aromatic nitrogens is 2. The van der Waals surface area contributed by atoms with Crippen LogP contribution >= 0.6 is 0 Å². The molecule has 5 nitrogen and oxygen atoms in total. The smallest absolute Gasteiger partial charge is 0.274 e. The summed E-state index contributed by atoms with van der Waals surface area (Å²) in [6, 6.07) is 0.308. The van der Waals surface area contributed by atoms with E-state index < -0.39 is 0 Å². The summed E-state index contributed by atoms with van der Waals surface area (Å²) in [5, 5.41) is 3.15. The second-order valence-corrected chi connectivity index (χ2v) is 4.94. The van der Waals surface area contributed by atoms with E-state index in [1.165, 1.54) is 6.42 Å². The topological polar surface area (TPSA) is 58.1 Å². The molecular formula is C13H20N4O. The number of hydrogen-bond acceptors (Lipinski definition) is 4. The van der Waals surface area contributed by atoms with Crippen LogP contribution in [0.3, 0.4) is 0 Å². The van der Waals surface area contributed by atoms with Crippen molar-refractivity contribution in [2.75, 3.05) is 18.4 Å². The van der Waals surface area contributed by atoms with Gasteiger partial charge >= 0.3 is 0 Å². The number of hydrogen-bond donors (Lipinski definition) is 1. The monoisotopic (exact) mass is 248 g/mol. The van der Waals surface area contributed by atoms with E-state index in [9.17, 15) is 4.79 Å². The lowest BCUT2D eigenvalue weighted by molar-refractivity contribution is 0.0718.